The predicted octanol–water partition coefficient (Wildman–Crippen LogP) is 3.97. The summed E-state index contributed by atoms with van der Waals surface area (Å²) in [6, 6.07) is 17.9. The minimum absolute atomic E-state index is 0.159. The van der Waals surface area contributed by atoms with Crippen molar-refractivity contribution in [2.75, 3.05) is 18.0 Å². The van der Waals surface area contributed by atoms with Gasteiger partial charge < -0.3 is 19.1 Å². The van der Waals surface area contributed by atoms with Gasteiger partial charge in [0.05, 0.1) is 6.04 Å². The van der Waals surface area contributed by atoms with Crippen LogP contribution in [-0.4, -0.2) is 30.0 Å². The van der Waals surface area contributed by atoms with Gasteiger partial charge in [0.1, 0.15) is 11.1 Å². The Balaban J connectivity index is 1.30. The van der Waals surface area contributed by atoms with Crippen LogP contribution in [0, 0.1) is 0 Å². The number of nitrogens with zero attached hydrogens (tertiary/aromatic N) is 2. The molecule has 1 aliphatic rings. The molecule has 0 bridgehead atoms. The van der Waals surface area contributed by atoms with Gasteiger partial charge in [-0.3, -0.25) is 4.79 Å². The van der Waals surface area contributed by atoms with E-state index in [4.69, 9.17) is 8.83 Å². The molecule has 5 rings (SSSR count). The Morgan fingerprint density at radius 2 is 1.93 bits per heavy atom. The van der Waals surface area contributed by atoms with Crippen LogP contribution in [0.2, 0.25) is 0 Å². The zero-order valence-corrected chi connectivity index (χ0v) is 14.7. The number of carbonyl (C=O) groups excluding carboxylic acids is 1. The van der Waals surface area contributed by atoms with Crippen LogP contribution in [0.3, 0.4) is 0 Å². The molecule has 0 saturated carbocycles. The van der Waals surface area contributed by atoms with Crippen molar-refractivity contribution in [1.82, 2.24) is 10.3 Å². The number of aromatic nitrogens is 1. The number of anilines is 1. The Hall–Kier alpha value is -3.28. The first kappa shape index (κ1) is 15.9. The number of hydrogen-bond donors (Lipinski definition) is 1. The highest BCUT2D eigenvalue weighted by Gasteiger charge is 2.29. The third-order valence-corrected chi connectivity index (χ3v) is 5.05. The number of para-hydroxylation sites is 3. The predicted molar refractivity (Wildman–Crippen MR) is 103 cm³/mol. The maximum absolute atomic E-state index is 12.5. The number of benzene rings is 2. The van der Waals surface area contributed by atoms with E-state index in [2.05, 4.69) is 15.2 Å². The van der Waals surface area contributed by atoms with Crippen LogP contribution in [0.4, 0.5) is 6.01 Å². The van der Waals surface area contributed by atoms with Crippen molar-refractivity contribution in [3.05, 3.63) is 60.4 Å². The van der Waals surface area contributed by atoms with Crippen molar-refractivity contribution < 1.29 is 13.6 Å². The maximum atomic E-state index is 12.5. The van der Waals surface area contributed by atoms with Crippen molar-refractivity contribution >= 4 is 34.0 Å². The Labute approximate surface area is 155 Å². The van der Waals surface area contributed by atoms with Gasteiger partial charge in [0.2, 0.25) is 0 Å². The molecule has 1 N–H and O–H groups in total. The lowest BCUT2D eigenvalue weighted by Crippen LogP contribution is -2.40. The summed E-state index contributed by atoms with van der Waals surface area (Å²) in [4.78, 5) is 19.2. The molecular formula is C21H19N3O3. The molecule has 27 heavy (non-hydrogen) atoms. The lowest BCUT2D eigenvalue weighted by Gasteiger charge is -2.22. The highest BCUT2D eigenvalue weighted by atomic mass is 16.4. The number of fused-ring (bicyclic) bond motifs is 2. The Bertz CT molecular complexity index is 1050. The molecule has 1 aliphatic heterocycles. The molecule has 0 spiro atoms. The molecule has 1 unspecified atom stereocenters. The van der Waals surface area contributed by atoms with Crippen molar-refractivity contribution in [3.8, 4) is 0 Å². The van der Waals surface area contributed by atoms with E-state index >= 15 is 0 Å². The Morgan fingerprint density at radius 3 is 2.78 bits per heavy atom. The van der Waals surface area contributed by atoms with Gasteiger partial charge in [-0.25, -0.2) is 0 Å². The van der Waals surface area contributed by atoms with E-state index in [1.165, 1.54) is 0 Å². The maximum Gasteiger partial charge on any atom is 0.298 e. The quantitative estimate of drug-likeness (QED) is 0.595. The van der Waals surface area contributed by atoms with E-state index in [1.54, 1.807) is 6.07 Å². The first-order valence-corrected chi connectivity index (χ1v) is 9.17. The smallest absolute Gasteiger partial charge is 0.298 e. The van der Waals surface area contributed by atoms with Crippen LogP contribution < -0.4 is 10.2 Å². The molecule has 136 valence electrons. The van der Waals surface area contributed by atoms with E-state index in [0.717, 1.165) is 41.5 Å². The molecule has 4 aromatic rings. The fraction of sp³-hybridized carbons (Fsp3) is 0.238. The summed E-state index contributed by atoms with van der Waals surface area (Å²) in [5.74, 6) is 0.137. The van der Waals surface area contributed by atoms with E-state index < -0.39 is 0 Å². The summed E-state index contributed by atoms with van der Waals surface area (Å²) in [7, 11) is 0. The van der Waals surface area contributed by atoms with Gasteiger partial charge in [-0.1, -0.05) is 30.3 Å². The van der Waals surface area contributed by atoms with Crippen molar-refractivity contribution in [3.63, 3.8) is 0 Å². The highest BCUT2D eigenvalue weighted by Crippen LogP contribution is 2.28. The van der Waals surface area contributed by atoms with Gasteiger partial charge in [0.25, 0.3) is 11.9 Å². The lowest BCUT2D eigenvalue weighted by molar-refractivity contribution is 0.0925. The fourth-order valence-corrected chi connectivity index (χ4v) is 3.67. The van der Waals surface area contributed by atoms with Crippen LogP contribution in [0.25, 0.3) is 22.1 Å². The number of hydrogen-bond acceptors (Lipinski definition) is 5. The zero-order valence-electron chi connectivity index (χ0n) is 14.7. The van der Waals surface area contributed by atoms with Crippen molar-refractivity contribution in [2.24, 2.45) is 0 Å². The summed E-state index contributed by atoms with van der Waals surface area (Å²) >= 11 is 0. The zero-order chi connectivity index (χ0) is 18.2. The van der Waals surface area contributed by atoms with Gasteiger partial charge >= 0.3 is 0 Å². The van der Waals surface area contributed by atoms with Gasteiger partial charge in [-0.15, -0.1) is 0 Å². The standard InChI is InChI=1S/C21H19N3O3/c25-20(19-12-14-6-1-3-9-17(14)26-19)22-13-15-7-5-11-24(15)21-23-16-8-2-4-10-18(16)27-21/h1-4,6,8-10,12,15H,5,7,11,13H2,(H,22,25). The summed E-state index contributed by atoms with van der Waals surface area (Å²) in [6.07, 6.45) is 2.03. The number of carbonyl (C=O) groups is 1. The molecule has 0 radical (unpaired) electrons. The molecule has 1 amide bonds. The Kier molecular flexibility index (Phi) is 3.81. The molecule has 0 aliphatic carbocycles. The second kappa shape index (κ2) is 6.46. The van der Waals surface area contributed by atoms with Crippen LogP contribution in [0.1, 0.15) is 23.4 Å². The van der Waals surface area contributed by atoms with Gasteiger partial charge in [-0.05, 0) is 37.1 Å². The molecular weight excluding hydrogens is 342 g/mol. The minimum Gasteiger partial charge on any atom is -0.451 e. The summed E-state index contributed by atoms with van der Waals surface area (Å²) in [5.41, 5.74) is 2.35. The van der Waals surface area contributed by atoms with Crippen LogP contribution in [0.5, 0.6) is 0 Å². The first-order valence-electron chi connectivity index (χ1n) is 9.17. The largest absolute Gasteiger partial charge is 0.451 e. The third kappa shape index (κ3) is 2.93. The van der Waals surface area contributed by atoms with Crippen LogP contribution in [-0.2, 0) is 0 Å². The second-order valence-electron chi connectivity index (χ2n) is 6.81. The average Bonchev–Trinajstić information content (AvgIpc) is 3.42. The summed E-state index contributed by atoms with van der Waals surface area (Å²) in [5, 5.41) is 3.92. The average molecular weight is 361 g/mol. The normalized spacial score (nSPS) is 17.0. The number of nitrogens with one attached hydrogen (secondary N) is 1. The molecule has 6 nitrogen and oxygen atoms in total. The molecule has 1 fully saturated rings. The Morgan fingerprint density at radius 1 is 1.11 bits per heavy atom. The first-order chi connectivity index (χ1) is 13.3. The highest BCUT2D eigenvalue weighted by molar-refractivity contribution is 5.96. The fourth-order valence-electron chi connectivity index (χ4n) is 3.67. The van der Waals surface area contributed by atoms with Crippen molar-refractivity contribution in [1.29, 1.82) is 0 Å². The molecule has 6 heteroatoms. The number of furan rings is 1. The van der Waals surface area contributed by atoms with Gasteiger partial charge in [-0.2, -0.15) is 4.98 Å². The van der Waals surface area contributed by atoms with Gasteiger partial charge in [0.15, 0.2) is 11.3 Å². The van der Waals surface area contributed by atoms with E-state index in [0.29, 0.717) is 18.3 Å². The topological polar surface area (TPSA) is 71.5 Å². The minimum atomic E-state index is -0.199. The number of amides is 1. The molecule has 1 saturated heterocycles. The van der Waals surface area contributed by atoms with E-state index in [1.807, 2.05) is 48.5 Å². The lowest BCUT2D eigenvalue weighted by atomic mass is 10.2. The van der Waals surface area contributed by atoms with Gasteiger partial charge in [0, 0.05) is 18.5 Å². The third-order valence-electron chi connectivity index (χ3n) is 5.05. The molecule has 1 atom stereocenters. The molecule has 2 aromatic carbocycles. The molecule has 3 heterocycles. The number of rotatable bonds is 4. The van der Waals surface area contributed by atoms with E-state index in [-0.39, 0.29) is 11.9 Å². The van der Waals surface area contributed by atoms with Crippen LogP contribution >= 0.6 is 0 Å². The summed E-state index contributed by atoms with van der Waals surface area (Å²) in [6.45, 7) is 1.40. The number of oxazole rings is 1. The second-order valence-corrected chi connectivity index (χ2v) is 6.81. The molecule has 2 aromatic heterocycles. The monoisotopic (exact) mass is 361 g/mol. The van der Waals surface area contributed by atoms with Crippen molar-refractivity contribution in [2.45, 2.75) is 18.9 Å². The summed E-state index contributed by atoms with van der Waals surface area (Å²) < 4.78 is 11.5. The van der Waals surface area contributed by atoms with Crippen LogP contribution in [0.15, 0.2) is 63.4 Å². The SMILES string of the molecule is O=C(NCC1CCCN1c1nc2ccccc2o1)c1cc2ccccc2o1. The van der Waals surface area contributed by atoms with E-state index in [9.17, 15) is 4.79 Å².